The number of amides is 1. The average molecular weight is 573 g/mol. The molecule has 3 aromatic rings. The van der Waals surface area contributed by atoms with Gasteiger partial charge in [0.15, 0.2) is 5.54 Å². The quantitative estimate of drug-likeness (QED) is 0.294. The molecule has 0 unspecified atom stereocenters. The zero-order valence-corrected chi connectivity index (χ0v) is 20.6. The Morgan fingerprint density at radius 1 is 1.12 bits per heavy atom. The molecule has 0 radical (unpaired) electrons. The molecule has 2 N–H and O–H groups in total. The van der Waals surface area contributed by atoms with E-state index in [0.29, 0.717) is 6.07 Å². The van der Waals surface area contributed by atoms with Gasteiger partial charge >= 0.3 is 12.4 Å². The van der Waals surface area contributed by atoms with Gasteiger partial charge in [-0.1, -0.05) is 0 Å². The summed E-state index contributed by atoms with van der Waals surface area (Å²) in [5, 5.41) is 19.4. The molecule has 2 aliphatic rings. The number of tetrazole rings is 1. The summed E-state index contributed by atoms with van der Waals surface area (Å²) < 4.78 is 104. The van der Waals surface area contributed by atoms with Crippen LogP contribution in [0.3, 0.4) is 0 Å². The number of aromatic amines is 1. The molecule has 9 nitrogen and oxygen atoms in total. The Morgan fingerprint density at radius 2 is 1.90 bits per heavy atom. The van der Waals surface area contributed by atoms with E-state index in [2.05, 4.69) is 25.7 Å². The second-order valence-corrected chi connectivity index (χ2v) is 9.60. The lowest BCUT2D eigenvalue weighted by atomic mass is 9.77. The first-order valence-corrected chi connectivity index (χ1v) is 12.3. The number of carbonyl (C=O) groups excluding carboxylic acids is 1. The first-order chi connectivity index (χ1) is 18.9. The summed E-state index contributed by atoms with van der Waals surface area (Å²) in [6.45, 7) is -0.427. The van der Waals surface area contributed by atoms with Crippen LogP contribution < -0.4 is 10.1 Å². The molecule has 1 fully saturated rings. The average Bonchev–Trinajstić information content (AvgIpc) is 3.52. The van der Waals surface area contributed by atoms with Crippen molar-refractivity contribution in [3.05, 3.63) is 53.4 Å². The highest BCUT2D eigenvalue weighted by Gasteiger charge is 2.61. The zero-order valence-electron chi connectivity index (χ0n) is 20.6. The summed E-state index contributed by atoms with van der Waals surface area (Å²) >= 11 is 0. The third kappa shape index (κ3) is 5.25. The van der Waals surface area contributed by atoms with E-state index < -0.39 is 61.0 Å². The predicted molar refractivity (Wildman–Crippen MR) is 124 cm³/mol. The summed E-state index contributed by atoms with van der Waals surface area (Å²) in [7, 11) is 0. The van der Waals surface area contributed by atoms with Gasteiger partial charge in [0, 0.05) is 30.7 Å². The Hall–Kier alpha value is -3.98. The number of ether oxygens (including phenoxy) is 1. The van der Waals surface area contributed by atoms with Crippen molar-refractivity contribution in [2.75, 3.05) is 6.61 Å². The predicted octanol–water partition coefficient (Wildman–Crippen LogP) is 4.87. The maximum Gasteiger partial charge on any atom is 0.416 e. The number of hydrogen-bond acceptors (Lipinski definition) is 6. The fourth-order valence-electron chi connectivity index (χ4n) is 4.75. The highest BCUT2D eigenvalue weighted by molar-refractivity contribution is 6.27. The standard InChI is InChI=1S/C24H22F7N7O2/c25-17-11-14(40-10-2-8-23(26,27)28)5-6-16(17)22(24(29,30)31)12-15(18-7-9-38(35-18)13-3-1-4-13)19(21(39)32-22)20-33-36-37-34-20/h5-7,9,11,13H,1-4,8,10,12H2,(H,32,39)(H,33,34,36,37)/t22-/m0/s1. The molecule has 2 aromatic heterocycles. The first-order valence-electron chi connectivity index (χ1n) is 12.3. The molecule has 3 heterocycles. The van der Waals surface area contributed by atoms with Crippen LogP contribution in [0.15, 0.2) is 30.5 Å². The van der Waals surface area contributed by atoms with Gasteiger partial charge in [-0.25, -0.2) is 4.39 Å². The van der Waals surface area contributed by atoms with Gasteiger partial charge in [-0.05, 0) is 54.7 Å². The van der Waals surface area contributed by atoms with Gasteiger partial charge in [0.1, 0.15) is 11.6 Å². The minimum atomic E-state index is -5.19. The zero-order chi connectivity index (χ0) is 28.7. The van der Waals surface area contributed by atoms with Crippen LogP contribution >= 0.6 is 0 Å². The number of aromatic nitrogens is 6. The molecular formula is C24H22F7N7O2. The van der Waals surface area contributed by atoms with E-state index in [0.717, 1.165) is 31.4 Å². The van der Waals surface area contributed by atoms with Crippen LogP contribution in [0.25, 0.3) is 11.1 Å². The first kappa shape index (κ1) is 27.6. The second kappa shape index (κ2) is 10.2. The molecule has 5 rings (SSSR count). The minimum absolute atomic E-state index is 0.0696. The Balaban J connectivity index is 1.53. The van der Waals surface area contributed by atoms with E-state index in [9.17, 15) is 31.1 Å². The van der Waals surface area contributed by atoms with Crippen LogP contribution in [0.1, 0.15) is 61.6 Å². The third-order valence-electron chi connectivity index (χ3n) is 6.99. The van der Waals surface area contributed by atoms with Crippen LogP contribution in [0.5, 0.6) is 5.75 Å². The number of halogens is 7. The summed E-state index contributed by atoms with van der Waals surface area (Å²) in [4.78, 5) is 13.3. The molecule has 0 bridgehead atoms. The largest absolute Gasteiger partial charge is 0.493 e. The lowest BCUT2D eigenvalue weighted by molar-refractivity contribution is -0.202. The number of nitrogens with one attached hydrogen (secondary N) is 2. The Morgan fingerprint density at radius 3 is 2.50 bits per heavy atom. The summed E-state index contributed by atoms with van der Waals surface area (Å²) in [5.74, 6) is -3.10. The molecule has 0 saturated heterocycles. The molecule has 40 heavy (non-hydrogen) atoms. The van der Waals surface area contributed by atoms with Gasteiger partial charge in [-0.3, -0.25) is 9.48 Å². The Bertz CT molecular complexity index is 1410. The summed E-state index contributed by atoms with van der Waals surface area (Å²) in [6, 6.07) is 4.00. The van der Waals surface area contributed by atoms with E-state index in [1.165, 1.54) is 6.07 Å². The van der Waals surface area contributed by atoms with Gasteiger partial charge < -0.3 is 10.1 Å². The normalized spacial score (nSPS) is 20.4. The van der Waals surface area contributed by atoms with Crippen LogP contribution in [0.4, 0.5) is 30.7 Å². The van der Waals surface area contributed by atoms with Crippen molar-refractivity contribution in [1.82, 2.24) is 35.7 Å². The van der Waals surface area contributed by atoms with Gasteiger partial charge in [0.2, 0.25) is 5.82 Å². The lowest BCUT2D eigenvalue weighted by Gasteiger charge is -2.41. The van der Waals surface area contributed by atoms with Crippen molar-refractivity contribution >= 4 is 17.1 Å². The molecule has 1 amide bonds. The van der Waals surface area contributed by atoms with E-state index >= 15 is 4.39 Å². The van der Waals surface area contributed by atoms with Gasteiger partial charge in [-0.2, -0.15) is 36.7 Å². The molecule has 0 spiro atoms. The Kier molecular flexibility index (Phi) is 7.04. The van der Waals surface area contributed by atoms with Crippen molar-refractivity contribution in [2.24, 2.45) is 0 Å². The third-order valence-corrected chi connectivity index (χ3v) is 6.99. The fourth-order valence-corrected chi connectivity index (χ4v) is 4.75. The molecule has 1 saturated carbocycles. The molecule has 1 aliphatic carbocycles. The highest BCUT2D eigenvalue weighted by Crippen LogP contribution is 2.50. The number of alkyl halides is 6. The number of hydrogen-bond donors (Lipinski definition) is 2. The monoisotopic (exact) mass is 573 g/mol. The Labute approximate surface area is 221 Å². The molecule has 214 valence electrons. The van der Waals surface area contributed by atoms with E-state index in [1.54, 1.807) is 10.9 Å². The van der Waals surface area contributed by atoms with Crippen molar-refractivity contribution in [3.8, 4) is 5.75 Å². The van der Waals surface area contributed by atoms with Crippen molar-refractivity contribution < 1.29 is 40.3 Å². The molecule has 1 atom stereocenters. The summed E-state index contributed by atoms with van der Waals surface area (Å²) in [6.07, 6.45) is -7.82. The smallest absolute Gasteiger partial charge is 0.416 e. The fraction of sp³-hybridized carbons (Fsp3) is 0.458. The van der Waals surface area contributed by atoms with Crippen molar-refractivity contribution in [3.63, 3.8) is 0 Å². The van der Waals surface area contributed by atoms with Crippen LogP contribution in [-0.2, 0) is 10.3 Å². The van der Waals surface area contributed by atoms with Gasteiger partial charge in [0.05, 0.1) is 23.9 Å². The molecule has 1 aliphatic heterocycles. The highest BCUT2D eigenvalue weighted by atomic mass is 19.4. The number of rotatable bonds is 8. The lowest BCUT2D eigenvalue weighted by Crippen LogP contribution is -2.59. The van der Waals surface area contributed by atoms with E-state index in [1.807, 2.05) is 5.32 Å². The molecular weight excluding hydrogens is 551 g/mol. The summed E-state index contributed by atoms with van der Waals surface area (Å²) in [5.41, 5.74) is -4.50. The number of nitrogens with zero attached hydrogens (tertiary/aromatic N) is 5. The maximum absolute atomic E-state index is 15.3. The van der Waals surface area contributed by atoms with Crippen LogP contribution in [0.2, 0.25) is 0 Å². The SMILES string of the molecule is O=C1N[C@@](c2ccc(OCCCC(F)(F)F)cc2F)(C(F)(F)F)CC(c2ccn(C3CCC3)n2)=C1c1nn[nH]n1. The van der Waals surface area contributed by atoms with Crippen molar-refractivity contribution in [1.29, 1.82) is 0 Å². The number of carbonyl (C=O) groups is 1. The van der Waals surface area contributed by atoms with Crippen LogP contribution in [0, 0.1) is 5.82 Å². The minimum Gasteiger partial charge on any atom is -0.493 e. The topological polar surface area (TPSA) is 111 Å². The number of benzene rings is 1. The molecule has 16 heteroatoms. The van der Waals surface area contributed by atoms with Gasteiger partial charge in [-0.15, -0.1) is 10.2 Å². The van der Waals surface area contributed by atoms with Gasteiger partial charge in [0.25, 0.3) is 5.91 Å². The van der Waals surface area contributed by atoms with E-state index in [4.69, 9.17) is 4.74 Å². The van der Waals surface area contributed by atoms with Crippen LogP contribution in [-0.4, -0.2) is 55.3 Å². The second-order valence-electron chi connectivity index (χ2n) is 9.60. The maximum atomic E-state index is 15.3. The van der Waals surface area contributed by atoms with Crippen molar-refractivity contribution in [2.45, 2.75) is 62.5 Å². The molecule has 1 aromatic carbocycles. The van der Waals surface area contributed by atoms with E-state index in [-0.39, 0.29) is 34.5 Å². The number of H-pyrrole nitrogens is 1.